The van der Waals surface area contributed by atoms with Crippen LogP contribution in [-0.4, -0.2) is 12.6 Å². The minimum absolute atomic E-state index is 0.251. The second-order valence-electron chi connectivity index (χ2n) is 4.08. The molecule has 2 heteroatoms. The van der Waals surface area contributed by atoms with E-state index < -0.39 is 0 Å². The van der Waals surface area contributed by atoms with Crippen molar-refractivity contribution in [2.75, 3.05) is 6.61 Å². The number of ether oxygens (including phenoxy) is 1. The van der Waals surface area contributed by atoms with Crippen LogP contribution in [0.15, 0.2) is 18.2 Å². The summed E-state index contributed by atoms with van der Waals surface area (Å²) < 4.78 is 5.11. The van der Waals surface area contributed by atoms with Gasteiger partial charge in [0.2, 0.25) is 0 Å². The van der Waals surface area contributed by atoms with Gasteiger partial charge in [0.1, 0.15) is 0 Å². The number of hydrogen-bond acceptors (Lipinski definition) is 2. The summed E-state index contributed by atoms with van der Waals surface area (Å²) in [5.74, 6) is 0.839. The van der Waals surface area contributed by atoms with E-state index in [4.69, 9.17) is 4.74 Å². The topological polar surface area (TPSA) is 26.3 Å². The van der Waals surface area contributed by atoms with Crippen molar-refractivity contribution in [2.24, 2.45) is 0 Å². The minimum Gasteiger partial charge on any atom is -0.462 e. The van der Waals surface area contributed by atoms with Crippen molar-refractivity contribution < 1.29 is 9.53 Å². The summed E-state index contributed by atoms with van der Waals surface area (Å²) in [4.78, 5) is 11.6. The van der Waals surface area contributed by atoms with Gasteiger partial charge in [-0.3, -0.25) is 0 Å². The van der Waals surface area contributed by atoms with E-state index in [0.717, 1.165) is 11.5 Å². The third kappa shape index (κ3) is 3.39. The van der Waals surface area contributed by atoms with Crippen molar-refractivity contribution in [2.45, 2.75) is 27.7 Å². The van der Waals surface area contributed by atoms with Crippen LogP contribution in [0.2, 0.25) is 0 Å². The molecule has 0 fully saturated rings. The molecule has 81 valence electrons. The van der Waals surface area contributed by atoms with Gasteiger partial charge >= 0.3 is 5.97 Å². The fourth-order valence-corrected chi connectivity index (χ4v) is 1.16. The molecular weight excluding hydrogens is 188 g/mol. The van der Waals surface area contributed by atoms with E-state index in [-0.39, 0.29) is 5.97 Å². The van der Waals surface area contributed by atoms with Crippen molar-refractivity contribution in [3.05, 3.63) is 40.8 Å². The van der Waals surface area contributed by atoms with Gasteiger partial charge in [0.05, 0.1) is 12.2 Å². The van der Waals surface area contributed by atoms with E-state index in [0.29, 0.717) is 12.2 Å². The Kier molecular flexibility index (Phi) is 3.89. The lowest BCUT2D eigenvalue weighted by atomic mass is 10.1. The van der Waals surface area contributed by atoms with Crippen LogP contribution >= 0.6 is 0 Å². The summed E-state index contributed by atoms with van der Waals surface area (Å²) in [5, 5.41) is 0. The van der Waals surface area contributed by atoms with Crippen molar-refractivity contribution in [3.8, 4) is 0 Å². The van der Waals surface area contributed by atoms with Crippen molar-refractivity contribution in [1.29, 1.82) is 0 Å². The van der Waals surface area contributed by atoms with Crippen LogP contribution in [0.5, 0.6) is 0 Å². The number of hydrogen-bond donors (Lipinski definition) is 0. The average Bonchev–Trinajstić information content (AvgIpc) is 2.18. The molecule has 1 aromatic rings. The Morgan fingerprint density at radius 2 is 1.87 bits per heavy atom. The monoisotopic (exact) mass is 205 g/mol. The van der Waals surface area contributed by atoms with Crippen molar-refractivity contribution in [1.82, 2.24) is 0 Å². The highest BCUT2D eigenvalue weighted by atomic mass is 16.5. The van der Waals surface area contributed by atoms with Crippen LogP contribution in [0.4, 0.5) is 0 Å². The quantitative estimate of drug-likeness (QED) is 0.709. The Balaban J connectivity index is 2.70. The number of carbonyl (C=O) groups excluding carboxylic acids is 1. The Labute approximate surface area is 91.3 Å². The first-order chi connectivity index (χ1) is 7.00. The molecule has 0 heterocycles. The zero-order valence-corrected chi connectivity index (χ0v) is 9.76. The standard InChI is InChI=1S/C13H17O2/c1-9(2)8-15-13(14)12-6-5-10(3)11(4)7-12/h5-7H,8H2,1-4H3. The van der Waals surface area contributed by atoms with E-state index in [1.54, 1.807) is 6.07 Å². The van der Waals surface area contributed by atoms with E-state index in [9.17, 15) is 4.79 Å². The van der Waals surface area contributed by atoms with Crippen LogP contribution in [-0.2, 0) is 4.74 Å². The summed E-state index contributed by atoms with van der Waals surface area (Å²) in [5.41, 5.74) is 2.92. The third-order valence-electron chi connectivity index (χ3n) is 2.23. The minimum atomic E-state index is -0.251. The fourth-order valence-electron chi connectivity index (χ4n) is 1.16. The Hall–Kier alpha value is -1.31. The lowest BCUT2D eigenvalue weighted by molar-refractivity contribution is 0.0522. The van der Waals surface area contributed by atoms with Crippen LogP contribution < -0.4 is 0 Å². The van der Waals surface area contributed by atoms with Crippen LogP contribution in [0.25, 0.3) is 0 Å². The molecule has 0 saturated carbocycles. The second kappa shape index (κ2) is 4.96. The number of rotatable bonds is 3. The highest BCUT2D eigenvalue weighted by Crippen LogP contribution is 2.11. The first-order valence-corrected chi connectivity index (χ1v) is 5.04. The number of benzene rings is 1. The molecule has 1 radical (unpaired) electrons. The summed E-state index contributed by atoms with van der Waals surface area (Å²) >= 11 is 0. The summed E-state index contributed by atoms with van der Waals surface area (Å²) in [6, 6.07) is 5.60. The predicted molar refractivity (Wildman–Crippen MR) is 60.8 cm³/mol. The van der Waals surface area contributed by atoms with E-state index in [2.05, 4.69) is 0 Å². The highest BCUT2D eigenvalue weighted by molar-refractivity contribution is 5.89. The molecule has 0 unspecified atom stereocenters. The van der Waals surface area contributed by atoms with Crippen LogP contribution in [0.1, 0.15) is 35.3 Å². The molecule has 0 bridgehead atoms. The van der Waals surface area contributed by atoms with Crippen LogP contribution in [0.3, 0.4) is 0 Å². The molecule has 0 saturated heterocycles. The van der Waals surface area contributed by atoms with Gasteiger partial charge in [0.25, 0.3) is 0 Å². The number of esters is 1. The maximum Gasteiger partial charge on any atom is 0.338 e. The second-order valence-corrected chi connectivity index (χ2v) is 4.08. The molecule has 0 spiro atoms. The zero-order chi connectivity index (χ0) is 11.4. The Bertz CT molecular complexity index is 354. The van der Waals surface area contributed by atoms with E-state index in [1.807, 2.05) is 39.8 Å². The smallest absolute Gasteiger partial charge is 0.338 e. The molecule has 0 amide bonds. The summed E-state index contributed by atoms with van der Waals surface area (Å²) in [6.45, 7) is 8.28. The largest absolute Gasteiger partial charge is 0.462 e. The maximum absolute atomic E-state index is 11.6. The molecule has 2 nitrogen and oxygen atoms in total. The van der Waals surface area contributed by atoms with Crippen LogP contribution in [0, 0.1) is 19.8 Å². The van der Waals surface area contributed by atoms with Gasteiger partial charge in [-0.25, -0.2) is 4.79 Å². The zero-order valence-electron chi connectivity index (χ0n) is 9.76. The fraction of sp³-hybridized carbons (Fsp3) is 0.385. The summed E-state index contributed by atoms with van der Waals surface area (Å²) in [6.07, 6.45) is 0. The molecule has 1 rings (SSSR count). The van der Waals surface area contributed by atoms with E-state index >= 15 is 0 Å². The Morgan fingerprint density at radius 1 is 1.20 bits per heavy atom. The van der Waals surface area contributed by atoms with Gasteiger partial charge in [-0.1, -0.05) is 19.9 Å². The van der Waals surface area contributed by atoms with Crippen molar-refractivity contribution in [3.63, 3.8) is 0 Å². The van der Waals surface area contributed by atoms with Gasteiger partial charge in [0, 0.05) is 5.92 Å². The van der Waals surface area contributed by atoms with Gasteiger partial charge in [-0.2, -0.15) is 0 Å². The van der Waals surface area contributed by atoms with Crippen molar-refractivity contribution >= 4 is 5.97 Å². The first kappa shape index (κ1) is 11.8. The van der Waals surface area contributed by atoms with E-state index in [1.165, 1.54) is 5.56 Å². The van der Waals surface area contributed by atoms with Gasteiger partial charge in [-0.15, -0.1) is 0 Å². The predicted octanol–water partition coefficient (Wildman–Crippen LogP) is 3.07. The molecule has 1 aromatic carbocycles. The van der Waals surface area contributed by atoms with Gasteiger partial charge in [0.15, 0.2) is 0 Å². The molecule has 0 aromatic heterocycles. The number of carbonyl (C=O) groups is 1. The lowest BCUT2D eigenvalue weighted by Gasteiger charge is -2.08. The molecule has 0 N–H and O–H groups in total. The molecular formula is C13H17O2. The SMILES string of the molecule is C[C](C)COC(=O)c1ccc(C)c(C)c1. The summed E-state index contributed by atoms with van der Waals surface area (Å²) in [7, 11) is 0. The third-order valence-corrected chi connectivity index (χ3v) is 2.23. The first-order valence-electron chi connectivity index (χ1n) is 5.04. The molecule has 15 heavy (non-hydrogen) atoms. The lowest BCUT2D eigenvalue weighted by Crippen LogP contribution is -2.09. The Morgan fingerprint density at radius 3 is 2.40 bits per heavy atom. The average molecular weight is 205 g/mol. The normalized spacial score (nSPS) is 10.5. The number of aryl methyl sites for hydroxylation is 2. The maximum atomic E-state index is 11.6. The molecule has 0 atom stereocenters. The highest BCUT2D eigenvalue weighted by Gasteiger charge is 2.08. The molecule has 0 aliphatic carbocycles. The molecule has 0 aliphatic heterocycles. The molecule has 0 aliphatic rings. The van der Waals surface area contributed by atoms with Gasteiger partial charge in [-0.05, 0) is 37.1 Å². The van der Waals surface area contributed by atoms with Gasteiger partial charge < -0.3 is 4.74 Å².